The maximum Gasteiger partial charge on any atom is 0.416 e. The number of rotatable bonds is 2. The molecule has 0 unspecified atom stereocenters. The number of nitrogens with one attached hydrogen (secondary N) is 1. The average Bonchev–Trinajstić information content (AvgIpc) is 2.33. The van der Waals surface area contributed by atoms with Gasteiger partial charge in [-0.1, -0.05) is 0 Å². The lowest BCUT2D eigenvalue weighted by Gasteiger charge is -2.16. The molecular weight excluding hydrogens is 292 g/mol. The van der Waals surface area contributed by atoms with Gasteiger partial charge in [0.25, 0.3) is 0 Å². The van der Waals surface area contributed by atoms with E-state index in [0.717, 1.165) is 7.11 Å². The molecule has 112 valence electrons. The molecule has 0 fully saturated rings. The molecule has 1 aromatic carbocycles. The summed E-state index contributed by atoms with van der Waals surface area (Å²) >= 11 is 0. The van der Waals surface area contributed by atoms with Crippen molar-refractivity contribution < 1.29 is 35.9 Å². The molecule has 3 nitrogen and oxygen atoms in total. The van der Waals surface area contributed by atoms with Gasteiger partial charge in [-0.05, 0) is 23.8 Å². The van der Waals surface area contributed by atoms with Crippen LogP contribution < -0.4 is 5.32 Å². The smallest absolute Gasteiger partial charge is 0.416 e. The Kier molecular flexibility index (Phi) is 4.51. The highest BCUT2D eigenvalue weighted by Gasteiger charge is 2.36. The molecular formula is C11H9F6NO2. The Bertz CT molecular complexity index is 495. The number of hydrogen-bond acceptors (Lipinski definition) is 2. The van der Waals surface area contributed by atoms with E-state index in [0.29, 0.717) is 18.2 Å². The Morgan fingerprint density at radius 2 is 1.75 bits per heavy atom. The summed E-state index contributed by atoms with van der Waals surface area (Å²) in [6, 6.07) is 1.01. The summed E-state index contributed by atoms with van der Waals surface area (Å²) in [6.07, 6.45) is -10.6. The quantitative estimate of drug-likeness (QED) is 0.848. The predicted molar refractivity (Wildman–Crippen MR) is 55.7 cm³/mol. The van der Waals surface area contributed by atoms with Crippen LogP contribution in [0.1, 0.15) is 16.7 Å². The van der Waals surface area contributed by atoms with Gasteiger partial charge in [-0.25, -0.2) is 4.79 Å². The van der Waals surface area contributed by atoms with Crippen molar-refractivity contribution in [3.63, 3.8) is 0 Å². The van der Waals surface area contributed by atoms with Crippen LogP contribution in [0, 0.1) is 0 Å². The zero-order valence-electron chi connectivity index (χ0n) is 10.0. The van der Waals surface area contributed by atoms with Crippen LogP contribution in [0.25, 0.3) is 0 Å². The number of ether oxygens (including phenoxy) is 1. The molecule has 20 heavy (non-hydrogen) atoms. The van der Waals surface area contributed by atoms with Gasteiger partial charge in [0.15, 0.2) is 0 Å². The van der Waals surface area contributed by atoms with Crippen molar-refractivity contribution in [3.8, 4) is 0 Å². The van der Waals surface area contributed by atoms with Gasteiger partial charge >= 0.3 is 18.4 Å². The van der Waals surface area contributed by atoms with Crippen molar-refractivity contribution in [2.45, 2.75) is 18.9 Å². The third kappa shape index (κ3) is 4.04. The van der Waals surface area contributed by atoms with E-state index in [1.807, 2.05) is 5.32 Å². The van der Waals surface area contributed by atoms with E-state index < -0.39 is 41.7 Å². The van der Waals surface area contributed by atoms with E-state index >= 15 is 0 Å². The Labute approximate surface area is 109 Å². The molecule has 0 bridgehead atoms. The molecule has 0 saturated carbocycles. The molecule has 0 saturated heterocycles. The van der Waals surface area contributed by atoms with E-state index in [2.05, 4.69) is 4.74 Å². The minimum atomic E-state index is -4.82. The van der Waals surface area contributed by atoms with Crippen LogP contribution in [0.15, 0.2) is 18.2 Å². The van der Waals surface area contributed by atoms with E-state index in [4.69, 9.17) is 0 Å². The number of alkyl halides is 6. The topological polar surface area (TPSA) is 38.3 Å². The van der Waals surface area contributed by atoms with Gasteiger partial charge in [0.1, 0.15) is 0 Å². The Morgan fingerprint density at radius 3 is 2.20 bits per heavy atom. The fourth-order valence-corrected chi connectivity index (χ4v) is 1.43. The molecule has 0 atom stereocenters. The Balaban J connectivity index is 3.17. The second-order valence-corrected chi connectivity index (χ2v) is 3.71. The molecule has 9 heteroatoms. The number of carbonyl (C=O) groups excluding carboxylic acids is 1. The van der Waals surface area contributed by atoms with Crippen LogP contribution in [0.4, 0.5) is 31.1 Å². The van der Waals surface area contributed by atoms with Gasteiger partial charge < -0.3 is 10.1 Å². The summed E-state index contributed by atoms with van der Waals surface area (Å²) in [5, 5.41) is 1.91. The standard InChI is InChI=1S/C11H9F6NO2/c1-20-9(19)18-5-6-4-7(10(12,13)14)2-3-8(6)11(15,16)17/h2-4H,5H2,1H3,(H,18,19). The SMILES string of the molecule is COC(=O)NCc1cc(C(F)(F)F)ccc1C(F)(F)F. The van der Waals surface area contributed by atoms with Gasteiger partial charge in [-0.15, -0.1) is 0 Å². The van der Waals surface area contributed by atoms with Crippen molar-refractivity contribution in [2.24, 2.45) is 0 Å². The van der Waals surface area contributed by atoms with Crippen molar-refractivity contribution in [1.29, 1.82) is 0 Å². The molecule has 1 N–H and O–H groups in total. The van der Waals surface area contributed by atoms with Gasteiger partial charge in [0.05, 0.1) is 18.2 Å². The van der Waals surface area contributed by atoms with E-state index in [1.165, 1.54) is 0 Å². The van der Waals surface area contributed by atoms with Crippen molar-refractivity contribution in [1.82, 2.24) is 5.32 Å². The van der Waals surface area contributed by atoms with E-state index in [-0.39, 0.29) is 0 Å². The first kappa shape index (κ1) is 16.1. The summed E-state index contributed by atoms with van der Waals surface area (Å²) in [4.78, 5) is 10.8. The molecule has 0 spiro atoms. The average molecular weight is 301 g/mol. The number of methoxy groups -OCH3 is 1. The zero-order chi connectivity index (χ0) is 15.6. The third-order valence-electron chi connectivity index (χ3n) is 2.35. The third-order valence-corrected chi connectivity index (χ3v) is 2.35. The molecule has 0 heterocycles. The van der Waals surface area contributed by atoms with Crippen LogP contribution in [-0.2, 0) is 23.6 Å². The minimum absolute atomic E-state index is 0.330. The number of halogens is 6. The molecule has 0 aromatic heterocycles. The molecule has 1 rings (SSSR count). The fraction of sp³-hybridized carbons (Fsp3) is 0.364. The zero-order valence-corrected chi connectivity index (χ0v) is 10.0. The predicted octanol–water partition coefficient (Wildman–Crippen LogP) is 3.58. The second-order valence-electron chi connectivity index (χ2n) is 3.71. The minimum Gasteiger partial charge on any atom is -0.453 e. The van der Waals surface area contributed by atoms with Gasteiger partial charge in [0, 0.05) is 6.54 Å². The Hall–Kier alpha value is -1.93. The molecule has 0 aliphatic carbocycles. The van der Waals surface area contributed by atoms with Gasteiger partial charge in [0.2, 0.25) is 0 Å². The highest BCUT2D eigenvalue weighted by atomic mass is 19.4. The number of carbonyl (C=O) groups is 1. The first-order valence-corrected chi connectivity index (χ1v) is 5.15. The summed E-state index contributed by atoms with van der Waals surface area (Å²) in [5.41, 5.74) is -3.17. The van der Waals surface area contributed by atoms with Crippen LogP contribution >= 0.6 is 0 Å². The highest BCUT2D eigenvalue weighted by molar-refractivity contribution is 5.67. The van der Waals surface area contributed by atoms with Crippen molar-refractivity contribution >= 4 is 6.09 Å². The molecule has 0 aliphatic rings. The largest absolute Gasteiger partial charge is 0.453 e. The first-order valence-electron chi connectivity index (χ1n) is 5.15. The van der Waals surface area contributed by atoms with E-state index in [1.54, 1.807) is 0 Å². The highest BCUT2D eigenvalue weighted by Crippen LogP contribution is 2.36. The summed E-state index contributed by atoms with van der Waals surface area (Å²) in [5.74, 6) is 0. The lowest BCUT2D eigenvalue weighted by Crippen LogP contribution is -2.24. The molecule has 0 aliphatic heterocycles. The summed E-state index contributed by atoms with van der Waals surface area (Å²) in [7, 11) is 0.978. The lowest BCUT2D eigenvalue weighted by molar-refractivity contribution is -0.141. The summed E-state index contributed by atoms with van der Waals surface area (Å²) in [6.45, 7) is -0.731. The maximum atomic E-state index is 12.7. The first-order chi connectivity index (χ1) is 9.05. The number of benzene rings is 1. The van der Waals surface area contributed by atoms with E-state index in [9.17, 15) is 31.1 Å². The number of amides is 1. The maximum absolute atomic E-state index is 12.7. The van der Waals surface area contributed by atoms with Crippen LogP contribution in [-0.4, -0.2) is 13.2 Å². The van der Waals surface area contributed by atoms with Crippen molar-refractivity contribution in [2.75, 3.05) is 7.11 Å². The normalized spacial score (nSPS) is 12.2. The number of hydrogen-bond donors (Lipinski definition) is 1. The molecule has 1 aromatic rings. The summed E-state index contributed by atoms with van der Waals surface area (Å²) < 4.78 is 79.5. The van der Waals surface area contributed by atoms with Crippen molar-refractivity contribution in [3.05, 3.63) is 34.9 Å². The van der Waals surface area contributed by atoms with Gasteiger partial charge in [-0.2, -0.15) is 26.3 Å². The number of alkyl carbamates (subject to hydrolysis) is 1. The lowest BCUT2D eigenvalue weighted by atomic mass is 10.0. The Morgan fingerprint density at radius 1 is 1.15 bits per heavy atom. The van der Waals surface area contributed by atoms with Gasteiger partial charge in [-0.3, -0.25) is 0 Å². The van der Waals surface area contributed by atoms with Crippen LogP contribution in [0.2, 0.25) is 0 Å². The second kappa shape index (κ2) is 5.59. The van der Waals surface area contributed by atoms with Crippen LogP contribution in [0.3, 0.4) is 0 Å². The molecule has 1 amide bonds. The molecule has 0 radical (unpaired) electrons. The monoisotopic (exact) mass is 301 g/mol. The van der Waals surface area contributed by atoms with Crippen LogP contribution in [0.5, 0.6) is 0 Å². The fourth-order valence-electron chi connectivity index (χ4n) is 1.43.